The summed E-state index contributed by atoms with van der Waals surface area (Å²) in [6, 6.07) is 11.8. The van der Waals surface area contributed by atoms with Crippen LogP contribution < -0.4 is 15.8 Å². The number of nitrogens with zero attached hydrogens (tertiary/aromatic N) is 2. The fourth-order valence-electron chi connectivity index (χ4n) is 2.59. The zero-order valence-electron chi connectivity index (χ0n) is 13.2. The van der Waals surface area contributed by atoms with Crippen molar-refractivity contribution in [3.05, 3.63) is 54.4 Å². The molecule has 7 nitrogen and oxygen atoms in total. The number of nitrogen functional groups attached to an aromatic ring is 1. The van der Waals surface area contributed by atoms with Crippen LogP contribution in [0.4, 0.5) is 10.5 Å². The number of rotatable bonds is 5. The van der Waals surface area contributed by atoms with Crippen molar-refractivity contribution in [3.8, 4) is 5.75 Å². The molecular formula is C17H18N4O3. The van der Waals surface area contributed by atoms with Crippen LogP contribution in [0.5, 0.6) is 5.75 Å². The molecule has 24 heavy (non-hydrogen) atoms. The summed E-state index contributed by atoms with van der Waals surface area (Å²) in [5, 5.41) is 2.70. The number of carbonyl (C=O) groups excluding carboxylic acids is 2. The first-order valence-electron chi connectivity index (χ1n) is 7.55. The standard InChI is InChI=1S/C17H18N4O3/c1-17(14-7-2-3-8-19-14)15(22)21(16(23)20-17)9-10-24-13-6-4-5-12(18)11-13/h2-8,11H,9-10,18H2,1H3,(H,20,23). The third-order valence-electron chi connectivity index (χ3n) is 3.89. The first kappa shape index (κ1) is 15.8. The molecule has 1 fully saturated rings. The number of carbonyl (C=O) groups is 2. The molecule has 1 unspecified atom stereocenters. The van der Waals surface area contributed by atoms with E-state index in [0.29, 0.717) is 17.1 Å². The Hall–Kier alpha value is -3.09. The maximum absolute atomic E-state index is 12.7. The van der Waals surface area contributed by atoms with Gasteiger partial charge in [0.15, 0.2) is 5.54 Å². The number of benzene rings is 1. The molecule has 1 aliphatic heterocycles. The molecular weight excluding hydrogens is 308 g/mol. The number of imide groups is 1. The van der Waals surface area contributed by atoms with Crippen molar-refractivity contribution in [2.45, 2.75) is 12.5 Å². The number of nitrogens with two attached hydrogens (primary N) is 1. The molecule has 1 atom stereocenters. The molecule has 124 valence electrons. The smallest absolute Gasteiger partial charge is 0.325 e. The Morgan fingerprint density at radius 2 is 2.08 bits per heavy atom. The fourth-order valence-corrected chi connectivity index (χ4v) is 2.59. The minimum Gasteiger partial charge on any atom is -0.492 e. The van der Waals surface area contributed by atoms with Crippen LogP contribution in [0.15, 0.2) is 48.7 Å². The summed E-state index contributed by atoms with van der Waals surface area (Å²) in [4.78, 5) is 30.1. The summed E-state index contributed by atoms with van der Waals surface area (Å²) < 4.78 is 5.55. The SMILES string of the molecule is CC1(c2ccccn2)NC(=O)N(CCOc2cccc(N)c2)C1=O. The van der Waals surface area contributed by atoms with Gasteiger partial charge in [-0.1, -0.05) is 12.1 Å². The lowest BCUT2D eigenvalue weighted by atomic mass is 9.97. The van der Waals surface area contributed by atoms with Gasteiger partial charge in [0, 0.05) is 18.0 Å². The van der Waals surface area contributed by atoms with Crippen LogP contribution >= 0.6 is 0 Å². The number of amides is 3. The number of nitrogens with one attached hydrogen (secondary N) is 1. The first-order valence-corrected chi connectivity index (χ1v) is 7.55. The van der Waals surface area contributed by atoms with Crippen LogP contribution in [0, 0.1) is 0 Å². The molecule has 7 heteroatoms. The van der Waals surface area contributed by atoms with Gasteiger partial charge in [-0.3, -0.25) is 14.7 Å². The highest BCUT2D eigenvalue weighted by atomic mass is 16.5. The Bertz CT molecular complexity index is 765. The molecule has 0 saturated carbocycles. The summed E-state index contributed by atoms with van der Waals surface area (Å²) in [6.45, 7) is 1.97. The van der Waals surface area contributed by atoms with Crippen molar-refractivity contribution < 1.29 is 14.3 Å². The number of ether oxygens (including phenoxy) is 1. The maximum atomic E-state index is 12.7. The van der Waals surface area contributed by atoms with Crippen molar-refractivity contribution >= 4 is 17.6 Å². The number of anilines is 1. The molecule has 0 aliphatic carbocycles. The predicted octanol–water partition coefficient (Wildman–Crippen LogP) is 1.51. The molecule has 3 amide bonds. The van der Waals surface area contributed by atoms with Gasteiger partial charge in [-0.2, -0.15) is 0 Å². The number of aromatic nitrogens is 1. The van der Waals surface area contributed by atoms with E-state index >= 15 is 0 Å². The molecule has 2 heterocycles. The van der Waals surface area contributed by atoms with Gasteiger partial charge in [0.1, 0.15) is 12.4 Å². The third-order valence-corrected chi connectivity index (χ3v) is 3.89. The molecule has 3 rings (SSSR count). The molecule has 0 radical (unpaired) electrons. The van der Waals surface area contributed by atoms with Crippen LogP contribution in [0.2, 0.25) is 0 Å². The Morgan fingerprint density at radius 1 is 1.25 bits per heavy atom. The van der Waals surface area contributed by atoms with E-state index < -0.39 is 11.6 Å². The van der Waals surface area contributed by atoms with Crippen molar-refractivity contribution in [1.29, 1.82) is 0 Å². The van der Waals surface area contributed by atoms with Crippen molar-refractivity contribution in [2.24, 2.45) is 0 Å². The summed E-state index contributed by atoms with van der Waals surface area (Å²) in [7, 11) is 0. The van der Waals surface area contributed by atoms with Gasteiger partial charge < -0.3 is 15.8 Å². The van der Waals surface area contributed by atoms with Crippen LogP contribution in [0.3, 0.4) is 0 Å². The molecule has 1 aliphatic rings. The summed E-state index contributed by atoms with van der Waals surface area (Å²) in [6.07, 6.45) is 1.59. The quantitative estimate of drug-likeness (QED) is 0.641. The Kier molecular flexibility index (Phi) is 4.07. The van der Waals surface area contributed by atoms with Crippen molar-refractivity contribution in [1.82, 2.24) is 15.2 Å². The van der Waals surface area contributed by atoms with E-state index in [1.165, 1.54) is 0 Å². The second kappa shape index (κ2) is 6.19. The van der Waals surface area contributed by atoms with Crippen LogP contribution in [-0.4, -0.2) is 35.0 Å². The van der Waals surface area contributed by atoms with Gasteiger partial charge in [-0.15, -0.1) is 0 Å². The number of pyridine rings is 1. The lowest BCUT2D eigenvalue weighted by Crippen LogP contribution is -2.42. The van der Waals surface area contributed by atoms with Crippen LogP contribution in [-0.2, 0) is 10.3 Å². The third kappa shape index (κ3) is 2.88. The van der Waals surface area contributed by atoms with E-state index in [4.69, 9.17) is 10.5 Å². The van der Waals surface area contributed by atoms with E-state index in [2.05, 4.69) is 10.3 Å². The Balaban J connectivity index is 1.67. The Morgan fingerprint density at radius 3 is 2.79 bits per heavy atom. The number of hydrogen-bond donors (Lipinski definition) is 2. The van der Waals surface area contributed by atoms with E-state index in [9.17, 15) is 9.59 Å². The van der Waals surface area contributed by atoms with E-state index in [0.717, 1.165) is 4.90 Å². The number of hydrogen-bond acceptors (Lipinski definition) is 5. The van der Waals surface area contributed by atoms with Crippen molar-refractivity contribution in [2.75, 3.05) is 18.9 Å². The topological polar surface area (TPSA) is 97.6 Å². The average Bonchev–Trinajstić information content (AvgIpc) is 2.80. The highest BCUT2D eigenvalue weighted by Gasteiger charge is 2.49. The zero-order chi connectivity index (χ0) is 17.2. The Labute approximate surface area is 139 Å². The predicted molar refractivity (Wildman–Crippen MR) is 88.2 cm³/mol. The van der Waals surface area contributed by atoms with Crippen molar-refractivity contribution in [3.63, 3.8) is 0 Å². The summed E-state index contributed by atoms with van der Waals surface area (Å²) >= 11 is 0. The second-order valence-electron chi connectivity index (χ2n) is 5.65. The minimum absolute atomic E-state index is 0.141. The van der Waals surface area contributed by atoms with Gasteiger partial charge >= 0.3 is 6.03 Å². The zero-order valence-corrected chi connectivity index (χ0v) is 13.2. The highest BCUT2D eigenvalue weighted by molar-refractivity contribution is 6.06. The highest BCUT2D eigenvalue weighted by Crippen LogP contribution is 2.27. The molecule has 2 aromatic rings. The molecule has 1 aromatic carbocycles. The van der Waals surface area contributed by atoms with Crippen LogP contribution in [0.25, 0.3) is 0 Å². The first-order chi connectivity index (χ1) is 11.5. The van der Waals surface area contributed by atoms with Crippen LogP contribution in [0.1, 0.15) is 12.6 Å². The lowest BCUT2D eigenvalue weighted by Gasteiger charge is -2.20. The fraction of sp³-hybridized carbons (Fsp3) is 0.235. The summed E-state index contributed by atoms with van der Waals surface area (Å²) in [5.74, 6) is 0.247. The van der Waals surface area contributed by atoms with Gasteiger partial charge in [-0.05, 0) is 31.2 Å². The maximum Gasteiger partial charge on any atom is 0.325 e. The van der Waals surface area contributed by atoms with Gasteiger partial charge in [-0.25, -0.2) is 4.79 Å². The van der Waals surface area contributed by atoms with Gasteiger partial charge in [0.05, 0.1) is 12.2 Å². The van der Waals surface area contributed by atoms with E-state index in [1.807, 2.05) is 0 Å². The second-order valence-corrected chi connectivity index (χ2v) is 5.65. The minimum atomic E-state index is -1.16. The van der Waals surface area contributed by atoms with Gasteiger partial charge in [0.2, 0.25) is 0 Å². The largest absolute Gasteiger partial charge is 0.492 e. The summed E-state index contributed by atoms with van der Waals surface area (Å²) in [5.41, 5.74) is 5.61. The molecule has 1 aromatic heterocycles. The normalized spacial score (nSPS) is 20.1. The molecule has 0 bridgehead atoms. The molecule has 1 saturated heterocycles. The monoisotopic (exact) mass is 326 g/mol. The van der Waals surface area contributed by atoms with E-state index in [-0.39, 0.29) is 19.1 Å². The van der Waals surface area contributed by atoms with Gasteiger partial charge in [0.25, 0.3) is 5.91 Å². The van der Waals surface area contributed by atoms with E-state index in [1.54, 1.807) is 55.6 Å². The lowest BCUT2D eigenvalue weighted by molar-refractivity contribution is -0.131. The molecule has 3 N–H and O–H groups in total. The number of urea groups is 1. The average molecular weight is 326 g/mol. The molecule has 0 spiro atoms.